The number of aryl methyl sites for hydroxylation is 1. The molecule has 0 atom stereocenters. The molecule has 5 nitrogen and oxygen atoms in total. The molecule has 0 aliphatic heterocycles. The van der Waals surface area contributed by atoms with Crippen molar-refractivity contribution in [1.82, 2.24) is 9.88 Å². The molecule has 0 aliphatic rings. The van der Waals surface area contributed by atoms with E-state index in [2.05, 4.69) is 4.90 Å². The summed E-state index contributed by atoms with van der Waals surface area (Å²) in [4.78, 5) is 22.0. The van der Waals surface area contributed by atoms with Crippen molar-refractivity contribution in [3.8, 4) is 0 Å². The predicted molar refractivity (Wildman–Crippen MR) is 128 cm³/mol. The molecule has 0 bridgehead atoms. The van der Waals surface area contributed by atoms with Crippen LogP contribution in [0.15, 0.2) is 46.9 Å². The summed E-state index contributed by atoms with van der Waals surface area (Å²) in [6, 6.07) is 13.2. The molecular weight excluding hydrogens is 441 g/mol. The molecule has 0 saturated heterocycles. The molecule has 4 aromatic rings. The molecule has 2 aromatic heterocycles. The Morgan fingerprint density at radius 2 is 1.93 bits per heavy atom. The molecule has 158 valence electrons. The van der Waals surface area contributed by atoms with Crippen molar-refractivity contribution in [2.45, 2.75) is 13.3 Å². The van der Waals surface area contributed by atoms with Gasteiger partial charge in [-0.2, -0.15) is 0 Å². The van der Waals surface area contributed by atoms with Crippen LogP contribution in [-0.2, 0) is 0 Å². The van der Waals surface area contributed by atoms with E-state index >= 15 is 0 Å². The van der Waals surface area contributed by atoms with Crippen LogP contribution >= 0.6 is 35.3 Å². The molecule has 30 heavy (non-hydrogen) atoms. The van der Waals surface area contributed by atoms with Crippen LogP contribution in [0.1, 0.15) is 22.5 Å². The van der Waals surface area contributed by atoms with Gasteiger partial charge in [-0.25, -0.2) is 4.98 Å². The SMILES string of the molecule is Cc1ccc(Cl)c2sc(N(CCCN(C)C)C(=O)c3cc4ccccc4o3)nc12.Cl. The minimum atomic E-state index is -0.187. The maximum Gasteiger partial charge on any atom is 0.295 e. The summed E-state index contributed by atoms with van der Waals surface area (Å²) < 4.78 is 6.73. The van der Waals surface area contributed by atoms with E-state index in [-0.39, 0.29) is 18.3 Å². The molecular formula is C22H23Cl2N3O2S. The summed E-state index contributed by atoms with van der Waals surface area (Å²) in [6.07, 6.45) is 0.821. The van der Waals surface area contributed by atoms with Crippen molar-refractivity contribution in [2.75, 3.05) is 32.1 Å². The predicted octanol–water partition coefficient (Wildman–Crippen LogP) is 6.02. The van der Waals surface area contributed by atoms with Gasteiger partial charge < -0.3 is 9.32 Å². The lowest BCUT2D eigenvalue weighted by molar-refractivity contribution is 0.0961. The third kappa shape index (κ3) is 4.47. The fourth-order valence-electron chi connectivity index (χ4n) is 3.26. The topological polar surface area (TPSA) is 49.6 Å². The highest BCUT2D eigenvalue weighted by Crippen LogP contribution is 2.36. The number of carbonyl (C=O) groups excluding carboxylic acids is 1. The molecule has 0 unspecified atom stereocenters. The smallest absolute Gasteiger partial charge is 0.295 e. The summed E-state index contributed by atoms with van der Waals surface area (Å²) >= 11 is 7.83. The monoisotopic (exact) mass is 463 g/mol. The zero-order valence-electron chi connectivity index (χ0n) is 17.0. The van der Waals surface area contributed by atoms with Gasteiger partial charge in [0.2, 0.25) is 0 Å². The lowest BCUT2D eigenvalue weighted by Gasteiger charge is -2.19. The van der Waals surface area contributed by atoms with Gasteiger partial charge in [0.05, 0.1) is 15.2 Å². The normalized spacial score (nSPS) is 11.2. The van der Waals surface area contributed by atoms with Crippen molar-refractivity contribution in [1.29, 1.82) is 0 Å². The summed E-state index contributed by atoms with van der Waals surface area (Å²) in [6.45, 7) is 3.42. The van der Waals surface area contributed by atoms with Gasteiger partial charge in [-0.05, 0) is 57.7 Å². The number of nitrogens with zero attached hydrogens (tertiary/aromatic N) is 3. The van der Waals surface area contributed by atoms with Crippen LogP contribution in [0.3, 0.4) is 0 Å². The first-order valence-electron chi connectivity index (χ1n) is 9.45. The molecule has 4 rings (SSSR count). The van der Waals surface area contributed by atoms with Gasteiger partial charge in [0, 0.05) is 11.9 Å². The van der Waals surface area contributed by atoms with E-state index in [4.69, 9.17) is 21.0 Å². The lowest BCUT2D eigenvalue weighted by Crippen LogP contribution is -2.33. The fourth-order valence-corrected chi connectivity index (χ4v) is 4.60. The number of hydrogen-bond donors (Lipinski definition) is 0. The molecule has 0 aliphatic carbocycles. The minimum Gasteiger partial charge on any atom is -0.451 e. The van der Waals surface area contributed by atoms with Gasteiger partial charge in [0.25, 0.3) is 5.91 Å². The first-order chi connectivity index (χ1) is 13.9. The lowest BCUT2D eigenvalue weighted by atomic mass is 10.2. The van der Waals surface area contributed by atoms with E-state index in [1.165, 1.54) is 11.3 Å². The second-order valence-corrected chi connectivity index (χ2v) is 8.69. The summed E-state index contributed by atoms with van der Waals surface area (Å²) in [5, 5.41) is 2.20. The Morgan fingerprint density at radius 1 is 1.17 bits per heavy atom. The zero-order valence-corrected chi connectivity index (χ0v) is 19.4. The fraction of sp³-hybridized carbons (Fsp3) is 0.273. The summed E-state index contributed by atoms with van der Waals surface area (Å²) in [5.74, 6) is 0.130. The number of rotatable bonds is 6. The van der Waals surface area contributed by atoms with Crippen molar-refractivity contribution >= 4 is 67.6 Å². The second-order valence-electron chi connectivity index (χ2n) is 7.30. The maximum atomic E-state index is 13.4. The van der Waals surface area contributed by atoms with Crippen LogP contribution < -0.4 is 4.90 Å². The Balaban J connectivity index is 0.00000256. The molecule has 0 radical (unpaired) electrons. The zero-order chi connectivity index (χ0) is 20.5. The van der Waals surface area contributed by atoms with Crippen molar-refractivity contribution in [3.63, 3.8) is 0 Å². The molecule has 8 heteroatoms. The highest BCUT2D eigenvalue weighted by atomic mass is 35.5. The van der Waals surface area contributed by atoms with Crippen LogP contribution in [0.4, 0.5) is 5.13 Å². The first kappa shape index (κ1) is 22.6. The molecule has 1 amide bonds. The van der Waals surface area contributed by atoms with Gasteiger partial charge in [0.15, 0.2) is 10.9 Å². The number of para-hydroxylation sites is 1. The highest BCUT2D eigenvalue weighted by Gasteiger charge is 2.25. The molecule has 0 saturated carbocycles. The number of hydrogen-bond acceptors (Lipinski definition) is 5. The number of fused-ring (bicyclic) bond motifs is 2. The third-order valence-corrected chi connectivity index (χ3v) is 6.32. The number of benzene rings is 2. The van der Waals surface area contributed by atoms with E-state index < -0.39 is 0 Å². The van der Waals surface area contributed by atoms with Gasteiger partial charge in [-0.3, -0.25) is 9.69 Å². The van der Waals surface area contributed by atoms with E-state index in [9.17, 15) is 4.79 Å². The first-order valence-corrected chi connectivity index (χ1v) is 10.6. The minimum absolute atomic E-state index is 0. The Kier molecular flexibility index (Phi) is 7.03. The largest absolute Gasteiger partial charge is 0.451 e. The van der Waals surface area contributed by atoms with Crippen LogP contribution in [-0.4, -0.2) is 43.0 Å². The molecule has 2 aromatic carbocycles. The number of anilines is 1. The number of carbonyl (C=O) groups is 1. The maximum absolute atomic E-state index is 13.4. The Hall–Kier alpha value is -2.12. The van der Waals surface area contributed by atoms with Crippen LogP contribution in [0, 0.1) is 6.92 Å². The van der Waals surface area contributed by atoms with Gasteiger partial charge in [-0.1, -0.05) is 47.2 Å². The average Bonchev–Trinajstić information content (AvgIpc) is 3.32. The van der Waals surface area contributed by atoms with E-state index in [0.717, 1.165) is 34.1 Å². The third-order valence-electron chi connectivity index (χ3n) is 4.79. The quantitative estimate of drug-likeness (QED) is 0.350. The number of halogens is 2. The Bertz CT molecular complexity index is 1110. The average molecular weight is 464 g/mol. The van der Waals surface area contributed by atoms with Crippen LogP contribution in [0.5, 0.6) is 0 Å². The van der Waals surface area contributed by atoms with Gasteiger partial charge in [-0.15, -0.1) is 12.4 Å². The van der Waals surface area contributed by atoms with E-state index in [1.807, 2.05) is 57.4 Å². The number of amides is 1. The molecule has 0 N–H and O–H groups in total. The van der Waals surface area contributed by atoms with Crippen molar-refractivity contribution < 1.29 is 9.21 Å². The van der Waals surface area contributed by atoms with Gasteiger partial charge in [0.1, 0.15) is 5.58 Å². The summed E-state index contributed by atoms with van der Waals surface area (Å²) in [5.41, 5.74) is 2.58. The standard InChI is InChI=1S/C22H22ClN3O2S.ClH/c1-14-9-10-16(23)20-19(14)24-22(29-20)26(12-6-11-25(2)3)21(27)18-13-15-7-4-5-8-17(15)28-18;/h4-5,7-10,13H,6,11-12H2,1-3H3;1H. The van der Waals surface area contributed by atoms with E-state index in [1.54, 1.807) is 11.0 Å². The van der Waals surface area contributed by atoms with E-state index in [0.29, 0.717) is 28.0 Å². The summed E-state index contributed by atoms with van der Waals surface area (Å²) in [7, 11) is 4.04. The van der Waals surface area contributed by atoms with Crippen LogP contribution in [0.2, 0.25) is 5.02 Å². The Morgan fingerprint density at radius 3 is 2.63 bits per heavy atom. The number of thiazole rings is 1. The Labute approximate surface area is 190 Å². The number of aromatic nitrogens is 1. The molecule has 0 fully saturated rings. The second kappa shape index (κ2) is 9.35. The highest BCUT2D eigenvalue weighted by molar-refractivity contribution is 7.23. The van der Waals surface area contributed by atoms with Crippen molar-refractivity contribution in [3.05, 3.63) is 58.8 Å². The van der Waals surface area contributed by atoms with Crippen molar-refractivity contribution in [2.24, 2.45) is 0 Å². The number of furan rings is 1. The van der Waals surface area contributed by atoms with Crippen LogP contribution in [0.25, 0.3) is 21.2 Å². The van der Waals surface area contributed by atoms with Gasteiger partial charge >= 0.3 is 0 Å². The molecule has 0 spiro atoms. The molecule has 2 heterocycles.